The van der Waals surface area contributed by atoms with Gasteiger partial charge in [0.05, 0.1) is 6.04 Å². The first kappa shape index (κ1) is 23.9. The lowest BCUT2D eigenvalue weighted by molar-refractivity contribution is -0.155. The van der Waals surface area contributed by atoms with Gasteiger partial charge in [0.1, 0.15) is 5.60 Å². The zero-order chi connectivity index (χ0) is 22.9. The summed E-state index contributed by atoms with van der Waals surface area (Å²) >= 11 is 0. The van der Waals surface area contributed by atoms with Gasteiger partial charge in [-0.25, -0.2) is 4.79 Å². The van der Waals surface area contributed by atoms with Crippen LogP contribution in [0.5, 0.6) is 0 Å². The predicted molar refractivity (Wildman–Crippen MR) is 115 cm³/mol. The molecule has 2 rings (SSSR count). The van der Waals surface area contributed by atoms with Crippen LogP contribution in [0.3, 0.4) is 0 Å². The largest absolute Gasteiger partial charge is 0.450 e. The van der Waals surface area contributed by atoms with Crippen molar-refractivity contribution in [3.8, 4) is 0 Å². The van der Waals surface area contributed by atoms with Crippen molar-refractivity contribution in [2.75, 3.05) is 0 Å². The predicted octanol–water partition coefficient (Wildman–Crippen LogP) is 2.77. The van der Waals surface area contributed by atoms with Crippen molar-refractivity contribution in [2.45, 2.75) is 58.4 Å². The van der Waals surface area contributed by atoms with E-state index >= 15 is 0 Å². The molecule has 1 heterocycles. The van der Waals surface area contributed by atoms with Crippen LogP contribution in [-0.4, -0.2) is 40.7 Å². The molecule has 0 aliphatic rings. The van der Waals surface area contributed by atoms with Gasteiger partial charge in [-0.05, 0) is 44.4 Å². The minimum absolute atomic E-state index is 0.212. The summed E-state index contributed by atoms with van der Waals surface area (Å²) in [7, 11) is 0. The van der Waals surface area contributed by atoms with E-state index in [2.05, 4.69) is 15.6 Å². The van der Waals surface area contributed by atoms with Crippen molar-refractivity contribution in [2.24, 2.45) is 0 Å². The van der Waals surface area contributed by atoms with E-state index in [1.165, 1.54) is 6.92 Å². The fourth-order valence-electron chi connectivity index (χ4n) is 2.85. The lowest BCUT2D eigenvalue weighted by Gasteiger charge is -2.28. The Morgan fingerprint density at radius 3 is 2.29 bits per heavy atom. The highest BCUT2D eigenvalue weighted by Crippen LogP contribution is 2.12. The molecule has 2 aromatic rings. The Kier molecular flexibility index (Phi) is 8.54. The van der Waals surface area contributed by atoms with Crippen LogP contribution in [0, 0.1) is 0 Å². The summed E-state index contributed by atoms with van der Waals surface area (Å²) in [6.07, 6.45) is 1.49. The fraction of sp³-hybridized carbons (Fsp3) is 0.391. The van der Waals surface area contributed by atoms with Crippen molar-refractivity contribution >= 4 is 18.0 Å². The van der Waals surface area contributed by atoms with E-state index in [9.17, 15) is 14.4 Å². The zero-order valence-corrected chi connectivity index (χ0v) is 18.3. The molecular formula is C23H29N3O5. The van der Waals surface area contributed by atoms with Gasteiger partial charge in [0, 0.05) is 25.9 Å². The lowest BCUT2D eigenvalue weighted by atomic mass is 10.0. The standard InChI is InChI=1S/C23H29N3O5/c1-16(27)30-20(21(28)25-15-17-9-6-5-7-10-17)19(13-18-11-8-12-24-14-18)26-22(29)31-23(2,3)4/h5-12,14,19-20H,13,15H2,1-4H3,(H,25,28)(H,26,29)/t19-,20?/m0/s1. The molecule has 0 aliphatic carbocycles. The molecule has 0 spiro atoms. The third kappa shape index (κ3) is 8.86. The molecule has 0 aliphatic heterocycles. The number of hydrogen-bond acceptors (Lipinski definition) is 6. The number of alkyl carbamates (subject to hydrolysis) is 1. The summed E-state index contributed by atoms with van der Waals surface area (Å²) in [6.45, 7) is 6.67. The molecule has 0 fully saturated rings. The Balaban J connectivity index is 2.22. The maximum Gasteiger partial charge on any atom is 0.408 e. The number of nitrogens with zero attached hydrogens (tertiary/aromatic N) is 1. The number of carbonyl (C=O) groups is 3. The second-order valence-electron chi connectivity index (χ2n) is 8.05. The summed E-state index contributed by atoms with van der Waals surface area (Å²) in [5, 5.41) is 5.45. The number of nitrogens with one attached hydrogen (secondary N) is 2. The Bertz CT molecular complexity index is 866. The summed E-state index contributed by atoms with van der Waals surface area (Å²) in [5.41, 5.74) is 0.924. The monoisotopic (exact) mass is 427 g/mol. The molecular weight excluding hydrogens is 398 g/mol. The topological polar surface area (TPSA) is 107 Å². The van der Waals surface area contributed by atoms with Gasteiger partial charge in [0.15, 0.2) is 0 Å². The van der Waals surface area contributed by atoms with Crippen LogP contribution in [0.25, 0.3) is 0 Å². The SMILES string of the molecule is CC(=O)OC(C(=O)NCc1ccccc1)[C@H](Cc1cccnc1)NC(=O)OC(C)(C)C. The molecule has 166 valence electrons. The van der Waals surface area contributed by atoms with Crippen molar-refractivity contribution in [1.29, 1.82) is 0 Å². The van der Waals surface area contributed by atoms with Crippen LogP contribution < -0.4 is 10.6 Å². The molecule has 0 saturated heterocycles. The smallest absolute Gasteiger partial charge is 0.408 e. The number of aromatic nitrogens is 1. The highest BCUT2D eigenvalue weighted by molar-refractivity contribution is 5.85. The molecule has 2 atom stereocenters. The fourth-order valence-corrected chi connectivity index (χ4v) is 2.85. The summed E-state index contributed by atoms with van der Waals surface area (Å²) in [6, 6.07) is 12.0. The van der Waals surface area contributed by atoms with Gasteiger partial charge in [0.25, 0.3) is 5.91 Å². The third-order valence-corrected chi connectivity index (χ3v) is 4.11. The molecule has 2 N–H and O–H groups in total. The Morgan fingerprint density at radius 2 is 1.71 bits per heavy atom. The highest BCUT2D eigenvalue weighted by Gasteiger charge is 2.34. The second kappa shape index (κ2) is 11.1. The van der Waals surface area contributed by atoms with Crippen molar-refractivity contribution in [3.05, 3.63) is 66.0 Å². The maximum absolute atomic E-state index is 13.0. The van der Waals surface area contributed by atoms with Gasteiger partial charge in [-0.15, -0.1) is 0 Å². The number of rotatable bonds is 8. The lowest BCUT2D eigenvalue weighted by Crippen LogP contribution is -2.54. The van der Waals surface area contributed by atoms with Gasteiger partial charge in [0.2, 0.25) is 6.10 Å². The number of pyridine rings is 1. The molecule has 8 heteroatoms. The van der Waals surface area contributed by atoms with E-state index in [1.807, 2.05) is 36.4 Å². The molecule has 2 amide bonds. The summed E-state index contributed by atoms with van der Waals surface area (Å²) < 4.78 is 10.7. The second-order valence-corrected chi connectivity index (χ2v) is 8.05. The van der Waals surface area contributed by atoms with Crippen molar-refractivity contribution in [1.82, 2.24) is 15.6 Å². The van der Waals surface area contributed by atoms with Gasteiger partial charge >= 0.3 is 12.1 Å². The van der Waals surface area contributed by atoms with E-state index in [0.29, 0.717) is 0 Å². The maximum atomic E-state index is 13.0. The minimum Gasteiger partial charge on any atom is -0.450 e. The minimum atomic E-state index is -1.26. The quantitative estimate of drug-likeness (QED) is 0.628. The molecule has 0 bridgehead atoms. The Hall–Kier alpha value is -3.42. The molecule has 1 unspecified atom stereocenters. The average Bonchev–Trinajstić information content (AvgIpc) is 2.70. The first-order valence-electron chi connectivity index (χ1n) is 10.0. The first-order chi connectivity index (χ1) is 14.6. The van der Waals surface area contributed by atoms with Gasteiger partial charge in [-0.1, -0.05) is 36.4 Å². The van der Waals surface area contributed by atoms with Crippen molar-refractivity contribution in [3.63, 3.8) is 0 Å². The Morgan fingerprint density at radius 1 is 1.03 bits per heavy atom. The van der Waals surface area contributed by atoms with Crippen LogP contribution >= 0.6 is 0 Å². The van der Waals surface area contributed by atoms with Crippen LogP contribution in [0.4, 0.5) is 4.79 Å². The van der Waals surface area contributed by atoms with Gasteiger partial charge < -0.3 is 20.1 Å². The number of ether oxygens (including phenoxy) is 2. The number of carbonyl (C=O) groups excluding carboxylic acids is 3. The van der Waals surface area contributed by atoms with E-state index < -0.39 is 35.7 Å². The highest BCUT2D eigenvalue weighted by atomic mass is 16.6. The van der Waals surface area contributed by atoms with Crippen LogP contribution in [-0.2, 0) is 32.0 Å². The summed E-state index contributed by atoms with van der Waals surface area (Å²) in [4.78, 5) is 41.2. The molecule has 0 radical (unpaired) electrons. The first-order valence-corrected chi connectivity index (χ1v) is 10.0. The van der Waals surface area contributed by atoms with E-state index in [-0.39, 0.29) is 13.0 Å². The normalized spacial score (nSPS) is 12.9. The third-order valence-electron chi connectivity index (χ3n) is 4.11. The van der Waals surface area contributed by atoms with Gasteiger partial charge in [-0.3, -0.25) is 14.6 Å². The van der Waals surface area contributed by atoms with Gasteiger partial charge in [-0.2, -0.15) is 0 Å². The van der Waals surface area contributed by atoms with Crippen LogP contribution in [0.2, 0.25) is 0 Å². The zero-order valence-electron chi connectivity index (χ0n) is 18.3. The number of benzene rings is 1. The molecule has 0 saturated carbocycles. The Labute approximate surface area is 182 Å². The molecule has 31 heavy (non-hydrogen) atoms. The molecule has 8 nitrogen and oxygen atoms in total. The van der Waals surface area contributed by atoms with E-state index in [0.717, 1.165) is 11.1 Å². The molecule has 1 aromatic heterocycles. The van der Waals surface area contributed by atoms with E-state index in [4.69, 9.17) is 9.47 Å². The number of esters is 1. The average molecular weight is 428 g/mol. The molecule has 1 aromatic carbocycles. The van der Waals surface area contributed by atoms with Crippen LogP contribution in [0.1, 0.15) is 38.8 Å². The number of hydrogen-bond donors (Lipinski definition) is 2. The van der Waals surface area contributed by atoms with Crippen LogP contribution in [0.15, 0.2) is 54.9 Å². The van der Waals surface area contributed by atoms with E-state index in [1.54, 1.807) is 39.2 Å². The summed E-state index contributed by atoms with van der Waals surface area (Å²) in [5.74, 6) is -1.16. The number of amides is 2. The van der Waals surface area contributed by atoms with Crippen molar-refractivity contribution < 1.29 is 23.9 Å².